The van der Waals surface area contributed by atoms with Crippen LogP contribution in [0.3, 0.4) is 0 Å². The van der Waals surface area contributed by atoms with E-state index in [9.17, 15) is 0 Å². The monoisotopic (exact) mass is 343 g/mol. The summed E-state index contributed by atoms with van der Waals surface area (Å²) in [7, 11) is -0.114. The first-order valence-electron chi connectivity index (χ1n) is 8.86. The molecule has 0 radical (unpaired) electrons. The van der Waals surface area contributed by atoms with E-state index < -0.39 is 8.32 Å². The van der Waals surface area contributed by atoms with Crippen LogP contribution in [-0.4, -0.2) is 20.4 Å². The fourth-order valence-electron chi connectivity index (χ4n) is 3.21. The zero-order chi connectivity index (χ0) is 17.5. The summed E-state index contributed by atoms with van der Waals surface area (Å²) in [6.07, 6.45) is 5.61. The molecule has 0 spiro atoms. The van der Waals surface area contributed by atoms with Gasteiger partial charge in [-0.25, -0.2) is 0 Å². The van der Waals surface area contributed by atoms with Gasteiger partial charge in [0.25, 0.3) is 0 Å². The van der Waals surface area contributed by atoms with E-state index in [4.69, 9.17) is 9.16 Å². The minimum atomic E-state index is -1.81. The van der Waals surface area contributed by atoms with Gasteiger partial charge in [0.05, 0.1) is 18.7 Å². The Morgan fingerprint density at radius 3 is 2.62 bits per heavy atom. The van der Waals surface area contributed by atoms with Crippen molar-refractivity contribution in [2.45, 2.75) is 64.3 Å². The molecule has 0 bridgehead atoms. The molecule has 1 aliphatic rings. The summed E-state index contributed by atoms with van der Waals surface area (Å²) in [6.45, 7) is 11.6. The molecule has 1 heterocycles. The van der Waals surface area contributed by atoms with Crippen molar-refractivity contribution in [3.8, 4) is 5.75 Å². The molecule has 2 aromatic rings. The van der Waals surface area contributed by atoms with Crippen LogP contribution in [0, 0.1) is 0 Å². The van der Waals surface area contributed by atoms with Gasteiger partial charge in [0, 0.05) is 17.6 Å². The summed E-state index contributed by atoms with van der Waals surface area (Å²) in [5, 5.41) is 1.44. The molecular weight excluding hydrogens is 314 g/mol. The van der Waals surface area contributed by atoms with E-state index >= 15 is 0 Å². The largest absolute Gasteiger partial charge is 0.497 e. The SMILES string of the molecule is COc1ccc2c3c(cnc2c1)CCCC3O[Si](C)(C)C(C)(C)C. The van der Waals surface area contributed by atoms with Crippen LogP contribution >= 0.6 is 0 Å². The molecule has 1 atom stereocenters. The minimum absolute atomic E-state index is 0.188. The van der Waals surface area contributed by atoms with Crippen molar-refractivity contribution in [3.05, 3.63) is 35.5 Å². The zero-order valence-electron chi connectivity index (χ0n) is 15.8. The van der Waals surface area contributed by atoms with Crippen molar-refractivity contribution in [1.29, 1.82) is 0 Å². The number of pyridine rings is 1. The van der Waals surface area contributed by atoms with Gasteiger partial charge in [-0.3, -0.25) is 4.98 Å². The third kappa shape index (κ3) is 3.09. The van der Waals surface area contributed by atoms with Crippen molar-refractivity contribution in [2.24, 2.45) is 0 Å². The Bertz CT molecular complexity index is 749. The number of hydrogen-bond donors (Lipinski definition) is 0. The van der Waals surface area contributed by atoms with Crippen LogP contribution in [0.15, 0.2) is 24.4 Å². The molecule has 0 N–H and O–H groups in total. The zero-order valence-corrected chi connectivity index (χ0v) is 16.8. The highest BCUT2D eigenvalue weighted by molar-refractivity contribution is 6.74. The summed E-state index contributed by atoms with van der Waals surface area (Å²) < 4.78 is 12.2. The van der Waals surface area contributed by atoms with E-state index in [0.717, 1.165) is 24.1 Å². The van der Waals surface area contributed by atoms with Gasteiger partial charge in [-0.15, -0.1) is 0 Å². The van der Waals surface area contributed by atoms with Crippen LogP contribution < -0.4 is 4.74 Å². The average Bonchev–Trinajstić information content (AvgIpc) is 2.52. The van der Waals surface area contributed by atoms with E-state index in [0.29, 0.717) is 0 Å². The molecule has 0 fully saturated rings. The first-order chi connectivity index (χ1) is 11.2. The van der Waals surface area contributed by atoms with Gasteiger partial charge in [-0.1, -0.05) is 20.8 Å². The Labute approximate surface area is 146 Å². The first kappa shape index (κ1) is 17.4. The molecule has 4 heteroatoms. The van der Waals surface area contributed by atoms with Gasteiger partial charge in [0.15, 0.2) is 8.32 Å². The summed E-state index contributed by atoms with van der Waals surface area (Å²) in [6, 6.07) is 6.20. The first-order valence-corrected chi connectivity index (χ1v) is 11.8. The summed E-state index contributed by atoms with van der Waals surface area (Å²) >= 11 is 0. The molecule has 1 aliphatic carbocycles. The number of nitrogens with zero attached hydrogens (tertiary/aromatic N) is 1. The molecule has 1 aromatic carbocycles. The number of fused-ring (bicyclic) bond motifs is 3. The van der Waals surface area contributed by atoms with Crippen LogP contribution in [0.1, 0.15) is 50.8 Å². The van der Waals surface area contributed by atoms with Crippen LogP contribution in [0.25, 0.3) is 10.9 Å². The molecular formula is C20H29NO2Si. The summed E-state index contributed by atoms with van der Waals surface area (Å²) in [5.74, 6) is 0.854. The predicted octanol–water partition coefficient (Wildman–Crippen LogP) is 5.64. The molecule has 0 amide bonds. The number of aryl methyl sites for hydroxylation is 1. The highest BCUT2D eigenvalue weighted by Gasteiger charge is 2.40. The van der Waals surface area contributed by atoms with E-state index in [-0.39, 0.29) is 11.1 Å². The summed E-state index contributed by atoms with van der Waals surface area (Å²) in [4.78, 5) is 4.66. The molecule has 1 aromatic heterocycles. The Hall–Kier alpha value is -1.39. The standard InChI is InChI=1S/C20H29NO2Si/c1-20(2,3)24(5,6)23-18-9-7-8-14-13-21-17-12-15(22-4)10-11-16(17)19(14)18/h10-13,18H,7-9H2,1-6H3. The summed E-state index contributed by atoms with van der Waals surface area (Å²) in [5.41, 5.74) is 3.71. The predicted molar refractivity (Wildman–Crippen MR) is 102 cm³/mol. The van der Waals surface area contributed by atoms with Crippen molar-refractivity contribution in [3.63, 3.8) is 0 Å². The van der Waals surface area contributed by atoms with Crippen molar-refractivity contribution in [1.82, 2.24) is 4.98 Å². The molecule has 0 saturated heterocycles. The van der Waals surface area contributed by atoms with Gasteiger partial charge in [0.1, 0.15) is 5.75 Å². The Morgan fingerprint density at radius 2 is 1.96 bits per heavy atom. The molecule has 24 heavy (non-hydrogen) atoms. The lowest BCUT2D eigenvalue weighted by atomic mass is 9.88. The number of benzene rings is 1. The second-order valence-corrected chi connectivity index (χ2v) is 13.1. The Morgan fingerprint density at radius 1 is 1.21 bits per heavy atom. The van der Waals surface area contributed by atoms with Crippen molar-refractivity contribution < 1.29 is 9.16 Å². The van der Waals surface area contributed by atoms with Gasteiger partial charge >= 0.3 is 0 Å². The topological polar surface area (TPSA) is 31.4 Å². The second kappa shape index (κ2) is 6.16. The fraction of sp³-hybridized carbons (Fsp3) is 0.550. The van der Waals surface area contributed by atoms with Crippen LogP contribution in [0.4, 0.5) is 0 Å². The maximum Gasteiger partial charge on any atom is 0.192 e. The fourth-order valence-corrected chi connectivity index (χ4v) is 4.52. The van der Waals surface area contributed by atoms with Gasteiger partial charge < -0.3 is 9.16 Å². The van der Waals surface area contributed by atoms with E-state index in [1.54, 1.807) is 7.11 Å². The quantitative estimate of drug-likeness (QED) is 0.676. The second-order valence-electron chi connectivity index (χ2n) is 8.34. The molecule has 0 aliphatic heterocycles. The van der Waals surface area contributed by atoms with Crippen molar-refractivity contribution >= 4 is 19.2 Å². The van der Waals surface area contributed by atoms with Crippen LogP contribution in [0.2, 0.25) is 18.1 Å². The number of ether oxygens (including phenoxy) is 1. The van der Waals surface area contributed by atoms with E-state index in [1.807, 2.05) is 18.3 Å². The third-order valence-corrected chi connectivity index (χ3v) is 10.2. The van der Waals surface area contributed by atoms with Gasteiger partial charge in [-0.05, 0) is 60.7 Å². The maximum atomic E-state index is 6.81. The average molecular weight is 344 g/mol. The highest BCUT2D eigenvalue weighted by atomic mass is 28.4. The van der Waals surface area contributed by atoms with E-state index in [1.165, 1.54) is 22.9 Å². The Balaban J connectivity index is 2.07. The molecule has 1 unspecified atom stereocenters. The molecule has 0 saturated carbocycles. The van der Waals surface area contributed by atoms with Gasteiger partial charge in [-0.2, -0.15) is 0 Å². The maximum absolute atomic E-state index is 6.81. The number of hydrogen-bond acceptors (Lipinski definition) is 3. The van der Waals surface area contributed by atoms with Crippen LogP contribution in [-0.2, 0) is 10.8 Å². The third-order valence-electron chi connectivity index (χ3n) is 5.68. The lowest BCUT2D eigenvalue weighted by Crippen LogP contribution is -2.42. The lowest BCUT2D eigenvalue weighted by molar-refractivity contribution is 0.164. The minimum Gasteiger partial charge on any atom is -0.497 e. The smallest absolute Gasteiger partial charge is 0.192 e. The Kier molecular flexibility index (Phi) is 4.47. The van der Waals surface area contributed by atoms with Gasteiger partial charge in [0.2, 0.25) is 0 Å². The normalized spacial score (nSPS) is 18.5. The number of aromatic nitrogens is 1. The highest BCUT2D eigenvalue weighted by Crippen LogP contribution is 2.44. The van der Waals surface area contributed by atoms with E-state index in [2.05, 4.69) is 44.9 Å². The van der Waals surface area contributed by atoms with Crippen molar-refractivity contribution in [2.75, 3.05) is 7.11 Å². The lowest BCUT2D eigenvalue weighted by Gasteiger charge is -2.41. The molecule has 3 rings (SSSR count). The number of rotatable bonds is 3. The molecule has 130 valence electrons. The molecule has 3 nitrogen and oxygen atoms in total. The number of methoxy groups -OCH3 is 1. The van der Waals surface area contributed by atoms with Crippen LogP contribution in [0.5, 0.6) is 5.75 Å².